The zero-order valence-corrected chi connectivity index (χ0v) is 13.0. The Labute approximate surface area is 129 Å². The number of rotatable bonds is 9. The summed E-state index contributed by atoms with van der Waals surface area (Å²) >= 11 is 0. The SMILES string of the molecule is CCOC(=O)CCS(=O)(=O)N[C@@H](Cc1ccccc1)C(=O)O. The lowest BCUT2D eigenvalue weighted by Crippen LogP contribution is -2.43. The number of hydrogen-bond acceptors (Lipinski definition) is 5. The molecule has 1 aromatic carbocycles. The van der Waals surface area contributed by atoms with Crippen LogP contribution in [-0.2, 0) is 30.8 Å². The minimum absolute atomic E-state index is 0.0226. The van der Waals surface area contributed by atoms with Crippen LogP contribution in [0.4, 0.5) is 0 Å². The van der Waals surface area contributed by atoms with Crippen LogP contribution < -0.4 is 4.72 Å². The summed E-state index contributed by atoms with van der Waals surface area (Å²) in [5, 5.41) is 9.14. The average Bonchev–Trinajstić information content (AvgIpc) is 2.46. The number of sulfonamides is 1. The number of hydrogen-bond donors (Lipinski definition) is 2. The summed E-state index contributed by atoms with van der Waals surface area (Å²) in [6, 6.07) is 7.40. The van der Waals surface area contributed by atoms with Gasteiger partial charge in [-0.2, -0.15) is 0 Å². The van der Waals surface area contributed by atoms with Gasteiger partial charge in [0.15, 0.2) is 0 Å². The number of ether oxygens (including phenoxy) is 1. The minimum Gasteiger partial charge on any atom is -0.480 e. The van der Waals surface area contributed by atoms with Gasteiger partial charge in [-0.1, -0.05) is 30.3 Å². The molecule has 1 rings (SSSR count). The van der Waals surface area contributed by atoms with Crippen LogP contribution in [0.25, 0.3) is 0 Å². The Morgan fingerprint density at radius 2 is 1.91 bits per heavy atom. The van der Waals surface area contributed by atoms with Crippen molar-refractivity contribution in [3.8, 4) is 0 Å². The van der Waals surface area contributed by atoms with Crippen molar-refractivity contribution in [2.45, 2.75) is 25.8 Å². The van der Waals surface area contributed by atoms with E-state index in [2.05, 4.69) is 9.46 Å². The van der Waals surface area contributed by atoms with Crippen molar-refractivity contribution < 1.29 is 27.9 Å². The Kier molecular flexibility index (Phi) is 7.00. The second kappa shape index (κ2) is 8.50. The summed E-state index contributed by atoms with van der Waals surface area (Å²) in [4.78, 5) is 22.4. The Balaban J connectivity index is 2.65. The van der Waals surface area contributed by atoms with Crippen LogP contribution in [0, 0.1) is 0 Å². The van der Waals surface area contributed by atoms with Gasteiger partial charge in [0.1, 0.15) is 6.04 Å². The number of benzene rings is 1. The molecule has 0 aliphatic carbocycles. The molecule has 0 bridgehead atoms. The Morgan fingerprint density at radius 1 is 1.27 bits per heavy atom. The maximum atomic E-state index is 11.9. The first kappa shape index (κ1) is 18.1. The lowest BCUT2D eigenvalue weighted by molar-refractivity contribution is -0.142. The van der Waals surface area contributed by atoms with E-state index in [1.165, 1.54) is 0 Å². The van der Waals surface area contributed by atoms with Gasteiger partial charge in [-0.15, -0.1) is 0 Å². The van der Waals surface area contributed by atoms with Gasteiger partial charge < -0.3 is 9.84 Å². The van der Waals surface area contributed by atoms with Crippen LogP contribution in [-0.4, -0.2) is 43.9 Å². The molecule has 8 heteroatoms. The monoisotopic (exact) mass is 329 g/mol. The van der Waals surface area contributed by atoms with Gasteiger partial charge in [0.25, 0.3) is 0 Å². The normalized spacial score (nSPS) is 12.6. The molecule has 7 nitrogen and oxygen atoms in total. The van der Waals surface area contributed by atoms with Crippen LogP contribution >= 0.6 is 0 Å². The summed E-state index contributed by atoms with van der Waals surface area (Å²) in [6.45, 7) is 1.78. The molecule has 0 fully saturated rings. The lowest BCUT2D eigenvalue weighted by atomic mass is 10.1. The first-order valence-corrected chi connectivity index (χ1v) is 8.41. The molecule has 1 aromatic rings. The van der Waals surface area contributed by atoms with Crippen molar-refractivity contribution in [2.75, 3.05) is 12.4 Å². The van der Waals surface area contributed by atoms with E-state index in [1.54, 1.807) is 37.3 Å². The molecule has 0 saturated heterocycles. The average molecular weight is 329 g/mol. The van der Waals surface area contributed by atoms with E-state index in [1.807, 2.05) is 0 Å². The van der Waals surface area contributed by atoms with E-state index in [4.69, 9.17) is 5.11 Å². The third-order valence-corrected chi connectivity index (χ3v) is 4.17. The van der Waals surface area contributed by atoms with E-state index in [0.29, 0.717) is 5.56 Å². The first-order chi connectivity index (χ1) is 10.3. The molecule has 0 unspecified atom stereocenters. The molecule has 0 saturated carbocycles. The second-order valence-electron chi connectivity index (χ2n) is 4.57. The molecule has 22 heavy (non-hydrogen) atoms. The number of carboxylic acid groups (broad SMARTS) is 1. The summed E-state index contributed by atoms with van der Waals surface area (Å²) < 4.78 is 30.5. The van der Waals surface area contributed by atoms with Crippen LogP contribution in [0.15, 0.2) is 30.3 Å². The number of nitrogens with one attached hydrogen (secondary N) is 1. The van der Waals surface area contributed by atoms with Crippen LogP contribution in [0.5, 0.6) is 0 Å². The number of carboxylic acids is 1. The van der Waals surface area contributed by atoms with Crippen molar-refractivity contribution in [1.82, 2.24) is 4.72 Å². The number of carbonyl (C=O) groups excluding carboxylic acids is 1. The largest absolute Gasteiger partial charge is 0.480 e. The van der Waals surface area contributed by atoms with Gasteiger partial charge >= 0.3 is 11.9 Å². The fourth-order valence-corrected chi connectivity index (χ4v) is 2.93. The molecule has 0 aliphatic rings. The summed E-state index contributed by atoms with van der Waals surface area (Å²) in [7, 11) is -3.89. The Morgan fingerprint density at radius 3 is 2.45 bits per heavy atom. The van der Waals surface area contributed by atoms with E-state index in [0.717, 1.165) is 0 Å². The Hall–Kier alpha value is -1.93. The fraction of sp³-hybridized carbons (Fsp3) is 0.429. The maximum absolute atomic E-state index is 11.9. The summed E-state index contributed by atoms with van der Waals surface area (Å²) in [5.41, 5.74) is 0.697. The predicted octanol–water partition coefficient (Wildman–Crippen LogP) is 0.555. The van der Waals surface area contributed by atoms with Crippen molar-refractivity contribution in [2.24, 2.45) is 0 Å². The fourth-order valence-electron chi connectivity index (χ4n) is 1.76. The zero-order valence-electron chi connectivity index (χ0n) is 12.2. The summed E-state index contributed by atoms with van der Waals surface area (Å²) in [6.07, 6.45) is -0.296. The quantitative estimate of drug-likeness (QED) is 0.640. The van der Waals surface area contributed by atoms with Gasteiger partial charge in [0.2, 0.25) is 10.0 Å². The maximum Gasteiger partial charge on any atom is 0.322 e. The highest BCUT2D eigenvalue weighted by atomic mass is 32.2. The van der Waals surface area contributed by atoms with E-state index >= 15 is 0 Å². The zero-order chi connectivity index (χ0) is 16.6. The molecular formula is C14H19NO6S. The molecular weight excluding hydrogens is 310 g/mol. The minimum atomic E-state index is -3.89. The molecule has 0 amide bonds. The molecule has 0 spiro atoms. The molecule has 2 N–H and O–H groups in total. The number of esters is 1. The van der Waals surface area contributed by atoms with Crippen LogP contribution in [0.2, 0.25) is 0 Å². The predicted molar refractivity (Wildman–Crippen MR) is 79.7 cm³/mol. The van der Waals surface area contributed by atoms with Gasteiger partial charge in [-0.05, 0) is 18.9 Å². The molecule has 1 atom stereocenters. The summed E-state index contributed by atoms with van der Waals surface area (Å²) in [5.74, 6) is -2.42. The van der Waals surface area contributed by atoms with Gasteiger partial charge in [-0.3, -0.25) is 9.59 Å². The lowest BCUT2D eigenvalue weighted by Gasteiger charge is -2.14. The molecule has 0 radical (unpaired) electrons. The molecule has 122 valence electrons. The highest BCUT2D eigenvalue weighted by molar-refractivity contribution is 7.89. The van der Waals surface area contributed by atoms with Gasteiger partial charge in [-0.25, -0.2) is 13.1 Å². The standard InChI is InChI=1S/C14H19NO6S/c1-2-21-13(16)8-9-22(19,20)15-12(14(17)18)10-11-6-4-3-5-7-11/h3-7,12,15H,2,8-10H2,1H3,(H,17,18)/t12-/m0/s1. The second-order valence-corrected chi connectivity index (χ2v) is 6.45. The highest BCUT2D eigenvalue weighted by Crippen LogP contribution is 2.05. The van der Waals surface area contributed by atoms with Crippen molar-refractivity contribution in [3.05, 3.63) is 35.9 Å². The molecule has 0 aromatic heterocycles. The van der Waals surface area contributed by atoms with Gasteiger partial charge in [0.05, 0.1) is 18.8 Å². The Bertz CT molecular complexity index is 599. The van der Waals surface area contributed by atoms with E-state index in [9.17, 15) is 18.0 Å². The number of carbonyl (C=O) groups is 2. The van der Waals surface area contributed by atoms with Gasteiger partial charge in [0, 0.05) is 0 Å². The van der Waals surface area contributed by atoms with Crippen LogP contribution in [0.1, 0.15) is 18.9 Å². The van der Waals surface area contributed by atoms with E-state index in [-0.39, 0.29) is 19.4 Å². The molecule has 0 aliphatic heterocycles. The van der Waals surface area contributed by atoms with Crippen LogP contribution in [0.3, 0.4) is 0 Å². The third kappa shape index (κ3) is 6.68. The third-order valence-electron chi connectivity index (χ3n) is 2.78. The topological polar surface area (TPSA) is 110 Å². The van der Waals surface area contributed by atoms with E-state index < -0.39 is 33.8 Å². The van der Waals surface area contributed by atoms with Crippen molar-refractivity contribution in [1.29, 1.82) is 0 Å². The smallest absolute Gasteiger partial charge is 0.322 e. The van der Waals surface area contributed by atoms with Crippen molar-refractivity contribution in [3.63, 3.8) is 0 Å². The number of aliphatic carboxylic acids is 1. The first-order valence-electron chi connectivity index (χ1n) is 6.76. The molecule has 0 heterocycles. The highest BCUT2D eigenvalue weighted by Gasteiger charge is 2.25. The van der Waals surface area contributed by atoms with Crippen molar-refractivity contribution >= 4 is 22.0 Å².